The highest BCUT2D eigenvalue weighted by molar-refractivity contribution is 6.22. The van der Waals surface area contributed by atoms with Crippen molar-refractivity contribution < 1.29 is 28.9 Å². The van der Waals surface area contributed by atoms with Gasteiger partial charge in [-0.15, -0.1) is 0 Å². The Morgan fingerprint density at radius 3 is 2.43 bits per heavy atom. The highest BCUT2D eigenvalue weighted by Gasteiger charge is 2.23. The molecule has 0 saturated heterocycles. The predicted molar refractivity (Wildman–Crippen MR) is 161 cm³/mol. The van der Waals surface area contributed by atoms with Gasteiger partial charge in [0, 0.05) is 35.6 Å². The smallest absolute Gasteiger partial charge is 0.338 e. The molecule has 0 radical (unpaired) electrons. The van der Waals surface area contributed by atoms with Gasteiger partial charge in [0.05, 0.1) is 29.1 Å². The number of fused-ring (bicyclic) bond motifs is 2. The second-order valence-corrected chi connectivity index (χ2v) is 10.2. The van der Waals surface area contributed by atoms with E-state index in [1.807, 2.05) is 50.5 Å². The van der Waals surface area contributed by atoms with E-state index in [1.54, 1.807) is 43.0 Å². The van der Waals surface area contributed by atoms with E-state index in [9.17, 15) is 14.7 Å². The largest absolute Gasteiger partial charge is 0.494 e. The van der Waals surface area contributed by atoms with Gasteiger partial charge in [0.25, 0.3) is 0 Å². The van der Waals surface area contributed by atoms with Crippen molar-refractivity contribution in [2.45, 2.75) is 20.3 Å². The molecule has 0 atom stereocenters. The molecule has 0 fully saturated rings. The number of nitrogens with one attached hydrogen (secondary N) is 1. The van der Waals surface area contributed by atoms with Gasteiger partial charge >= 0.3 is 5.97 Å². The fraction of sp³-hybridized carbons (Fsp3) is 0.281. The van der Waals surface area contributed by atoms with Crippen molar-refractivity contribution in [3.8, 4) is 17.4 Å². The van der Waals surface area contributed by atoms with Crippen molar-refractivity contribution in [1.82, 2.24) is 9.88 Å². The molecule has 0 unspecified atom stereocenters. The van der Waals surface area contributed by atoms with Crippen molar-refractivity contribution in [1.29, 1.82) is 0 Å². The van der Waals surface area contributed by atoms with Crippen molar-refractivity contribution in [3.63, 3.8) is 0 Å². The number of amides is 1. The van der Waals surface area contributed by atoms with Gasteiger partial charge in [0.2, 0.25) is 12.7 Å². The van der Waals surface area contributed by atoms with Crippen LogP contribution in [0.5, 0.6) is 17.4 Å². The lowest BCUT2D eigenvalue weighted by atomic mass is 9.99. The molecule has 1 aliphatic heterocycles. The Morgan fingerprint density at radius 2 is 1.71 bits per heavy atom. The molecule has 218 valence electrons. The number of rotatable bonds is 10. The molecule has 2 heterocycles. The number of benzene rings is 3. The van der Waals surface area contributed by atoms with Crippen LogP contribution in [0.2, 0.25) is 0 Å². The number of ether oxygens (including phenoxy) is 3. The first-order valence-electron chi connectivity index (χ1n) is 13.8. The molecule has 10 nitrogen and oxygen atoms in total. The van der Waals surface area contributed by atoms with Gasteiger partial charge in [0.1, 0.15) is 0 Å². The minimum absolute atomic E-state index is 0.0306. The van der Waals surface area contributed by atoms with Crippen molar-refractivity contribution in [2.75, 3.05) is 45.5 Å². The van der Waals surface area contributed by atoms with Crippen LogP contribution in [0.1, 0.15) is 41.8 Å². The summed E-state index contributed by atoms with van der Waals surface area (Å²) in [5, 5.41) is 11.8. The van der Waals surface area contributed by atoms with Crippen LogP contribution in [-0.4, -0.2) is 73.2 Å². The Labute approximate surface area is 244 Å². The molecule has 3 aromatic carbocycles. The second kappa shape index (κ2) is 12.4. The first kappa shape index (κ1) is 28.7. The summed E-state index contributed by atoms with van der Waals surface area (Å²) in [6, 6.07) is 18.0. The zero-order chi connectivity index (χ0) is 29.8. The zero-order valence-electron chi connectivity index (χ0n) is 24.1. The van der Waals surface area contributed by atoms with Crippen LogP contribution in [0.25, 0.3) is 10.9 Å². The van der Waals surface area contributed by atoms with Gasteiger partial charge in [-0.1, -0.05) is 6.07 Å². The Balaban J connectivity index is 1.56. The highest BCUT2D eigenvalue weighted by atomic mass is 16.7. The Hall–Kier alpha value is -4.83. The summed E-state index contributed by atoms with van der Waals surface area (Å²) in [7, 11) is 4.01. The third-order valence-corrected chi connectivity index (χ3v) is 6.94. The number of carbonyl (C=O) groups is 2. The molecule has 4 aromatic rings. The lowest BCUT2D eigenvalue weighted by Crippen LogP contribution is -2.31. The van der Waals surface area contributed by atoms with Crippen LogP contribution in [0.3, 0.4) is 0 Å². The Bertz CT molecular complexity index is 1640. The summed E-state index contributed by atoms with van der Waals surface area (Å²) >= 11 is 0. The van der Waals surface area contributed by atoms with E-state index in [4.69, 9.17) is 19.2 Å². The molecule has 1 amide bonds. The average Bonchev–Trinajstić information content (AvgIpc) is 3.57. The average molecular weight is 571 g/mol. The van der Waals surface area contributed by atoms with Crippen LogP contribution in [0.15, 0.2) is 65.7 Å². The zero-order valence-corrected chi connectivity index (χ0v) is 24.1. The molecular formula is C32H34N4O6. The third-order valence-electron chi connectivity index (χ3n) is 6.94. The molecule has 1 aromatic heterocycles. The van der Waals surface area contributed by atoms with E-state index in [0.29, 0.717) is 57.0 Å². The maximum Gasteiger partial charge on any atom is 0.338 e. The molecule has 5 rings (SSSR count). The van der Waals surface area contributed by atoms with Crippen LogP contribution in [0, 0.1) is 0 Å². The second-order valence-electron chi connectivity index (χ2n) is 10.2. The number of hydrogen-bond donors (Lipinski definition) is 2. The molecule has 42 heavy (non-hydrogen) atoms. The number of nitrogens with zero attached hydrogens (tertiary/aromatic N) is 3. The quantitative estimate of drug-likeness (QED) is 0.198. The van der Waals surface area contributed by atoms with E-state index < -0.39 is 5.97 Å². The van der Waals surface area contributed by atoms with Crippen LogP contribution in [0.4, 0.5) is 11.4 Å². The van der Waals surface area contributed by atoms with Gasteiger partial charge in [-0.2, -0.15) is 0 Å². The molecule has 1 aliphatic rings. The number of aromatic nitrogens is 1. The Morgan fingerprint density at radius 1 is 0.976 bits per heavy atom. The summed E-state index contributed by atoms with van der Waals surface area (Å²) < 4.78 is 16.2. The molecule has 2 N–H and O–H groups in total. The molecule has 0 aliphatic carbocycles. The van der Waals surface area contributed by atoms with Crippen molar-refractivity contribution in [3.05, 3.63) is 77.4 Å². The number of H-pyrrole nitrogens is 1. The van der Waals surface area contributed by atoms with E-state index >= 15 is 0 Å². The lowest BCUT2D eigenvalue weighted by Gasteiger charge is -2.22. The summed E-state index contributed by atoms with van der Waals surface area (Å²) in [5.41, 5.74) is 4.00. The third kappa shape index (κ3) is 6.08. The fourth-order valence-electron chi connectivity index (χ4n) is 4.92. The van der Waals surface area contributed by atoms with Gasteiger partial charge in [-0.05, 0) is 88.6 Å². The standard InChI is InChI=1S/C32H34N4O6/c1-5-40-32(39)22-7-13-25-26(17-22)34-31(38)29(25)30(21-8-14-27-28(18-21)42-19-41-27)33-23-9-11-24(12-10-23)36(20(2)37)16-6-15-35(3)4/h7-14,17-18,34,38H,5-6,15-16,19H2,1-4H3. The summed E-state index contributed by atoms with van der Waals surface area (Å²) in [4.78, 5) is 36.5. The molecule has 0 saturated carbocycles. The molecule has 0 bridgehead atoms. The monoisotopic (exact) mass is 570 g/mol. The highest BCUT2D eigenvalue weighted by Crippen LogP contribution is 2.37. The van der Waals surface area contributed by atoms with Gasteiger partial charge in [0.15, 0.2) is 17.4 Å². The predicted octanol–water partition coefficient (Wildman–Crippen LogP) is 5.25. The van der Waals surface area contributed by atoms with E-state index in [2.05, 4.69) is 9.88 Å². The van der Waals surface area contributed by atoms with E-state index in [-0.39, 0.29) is 25.2 Å². The van der Waals surface area contributed by atoms with Crippen LogP contribution >= 0.6 is 0 Å². The maximum atomic E-state index is 12.4. The summed E-state index contributed by atoms with van der Waals surface area (Å²) in [6.07, 6.45) is 0.846. The number of aliphatic imine (C=N–C) groups is 1. The number of aromatic hydroxyl groups is 1. The van der Waals surface area contributed by atoms with E-state index in [1.165, 1.54) is 0 Å². The van der Waals surface area contributed by atoms with Gasteiger partial charge < -0.3 is 34.1 Å². The van der Waals surface area contributed by atoms with Crippen molar-refractivity contribution in [2.24, 2.45) is 4.99 Å². The first-order chi connectivity index (χ1) is 20.2. The van der Waals surface area contributed by atoms with Gasteiger partial charge in [-0.25, -0.2) is 9.79 Å². The van der Waals surface area contributed by atoms with E-state index in [0.717, 1.165) is 18.7 Å². The number of hydrogen-bond acceptors (Lipinski definition) is 8. The summed E-state index contributed by atoms with van der Waals surface area (Å²) in [6.45, 7) is 5.18. The number of aromatic amines is 1. The lowest BCUT2D eigenvalue weighted by molar-refractivity contribution is -0.116. The molecule has 0 spiro atoms. The van der Waals surface area contributed by atoms with Crippen molar-refractivity contribution >= 4 is 39.9 Å². The number of anilines is 1. The topological polar surface area (TPSA) is 117 Å². The summed E-state index contributed by atoms with van der Waals surface area (Å²) in [5.74, 6) is 0.637. The SMILES string of the molecule is CCOC(=O)c1ccc2c(C(=Nc3ccc(N(CCCN(C)C)C(C)=O)cc3)c3ccc4c(c3)OCO4)c(O)[nH]c2c1. The van der Waals surface area contributed by atoms with Gasteiger partial charge in [-0.3, -0.25) is 4.79 Å². The maximum absolute atomic E-state index is 12.4. The fourth-order valence-corrected chi connectivity index (χ4v) is 4.92. The van der Waals surface area contributed by atoms with Crippen LogP contribution in [-0.2, 0) is 9.53 Å². The minimum atomic E-state index is -0.443. The normalized spacial score (nSPS) is 12.6. The number of carbonyl (C=O) groups excluding carboxylic acids is 2. The first-order valence-corrected chi connectivity index (χ1v) is 13.8. The Kier molecular flexibility index (Phi) is 8.44. The molecular weight excluding hydrogens is 536 g/mol. The number of esters is 1. The van der Waals surface area contributed by atoms with Crippen LogP contribution < -0.4 is 14.4 Å². The minimum Gasteiger partial charge on any atom is -0.494 e. The molecule has 10 heteroatoms.